The minimum atomic E-state index is -0.521. The highest BCUT2D eigenvalue weighted by atomic mass is 79.9. The van der Waals surface area contributed by atoms with Gasteiger partial charge in [-0.1, -0.05) is 28.1 Å². The van der Waals surface area contributed by atoms with E-state index in [4.69, 9.17) is 0 Å². The Bertz CT molecular complexity index is 552. The average Bonchev–Trinajstić information content (AvgIpc) is 2.74. The zero-order valence-electron chi connectivity index (χ0n) is 9.17. The fraction of sp³-hybridized carbons (Fsp3) is 0.333. The lowest BCUT2D eigenvalue weighted by atomic mass is 10.1. The summed E-state index contributed by atoms with van der Waals surface area (Å²) in [5, 5.41) is 14.2. The Morgan fingerprint density at radius 3 is 3.06 bits per heavy atom. The number of fused-ring (bicyclic) bond motifs is 1. The Hall–Kier alpha value is -1.20. The number of rotatable bonds is 1. The van der Waals surface area contributed by atoms with Gasteiger partial charge in [0.15, 0.2) is 5.82 Å². The number of aliphatic hydroxyl groups is 1. The van der Waals surface area contributed by atoms with Crippen molar-refractivity contribution in [3.8, 4) is 11.4 Å². The lowest BCUT2D eigenvalue weighted by Gasteiger charge is -2.17. The maximum Gasteiger partial charge on any atom is 0.181 e. The molecule has 1 aliphatic rings. The number of hydrogen-bond acceptors (Lipinski definition) is 3. The van der Waals surface area contributed by atoms with Gasteiger partial charge in [0.05, 0.1) is 0 Å². The van der Waals surface area contributed by atoms with E-state index in [-0.39, 0.29) is 0 Å². The second kappa shape index (κ2) is 4.23. The van der Waals surface area contributed by atoms with E-state index in [1.807, 2.05) is 24.3 Å². The van der Waals surface area contributed by atoms with Crippen molar-refractivity contribution < 1.29 is 5.11 Å². The molecule has 1 aliphatic heterocycles. The summed E-state index contributed by atoms with van der Waals surface area (Å²) < 4.78 is 2.64. The summed E-state index contributed by atoms with van der Waals surface area (Å²) in [6.45, 7) is 0. The summed E-state index contributed by atoms with van der Waals surface area (Å²) in [5.41, 5.74) is 0.966. The fourth-order valence-corrected chi connectivity index (χ4v) is 2.48. The number of benzene rings is 1. The minimum absolute atomic E-state index is 0.521. The van der Waals surface area contributed by atoms with Crippen molar-refractivity contribution in [2.24, 2.45) is 0 Å². The smallest absolute Gasteiger partial charge is 0.181 e. The molecule has 1 N–H and O–H groups in total. The molecule has 1 aromatic heterocycles. The Balaban J connectivity index is 2.05. The topological polar surface area (TPSA) is 50.9 Å². The fourth-order valence-electron chi connectivity index (χ4n) is 2.08. The van der Waals surface area contributed by atoms with E-state index in [0.717, 1.165) is 35.1 Å². The quantitative estimate of drug-likeness (QED) is 0.879. The molecule has 0 fully saturated rings. The van der Waals surface area contributed by atoms with E-state index >= 15 is 0 Å². The van der Waals surface area contributed by atoms with E-state index in [2.05, 4.69) is 26.0 Å². The lowest BCUT2D eigenvalue weighted by molar-refractivity contribution is 0.0648. The Kier molecular flexibility index (Phi) is 2.72. The van der Waals surface area contributed by atoms with E-state index < -0.39 is 6.23 Å². The maximum absolute atomic E-state index is 9.83. The largest absolute Gasteiger partial charge is 0.372 e. The van der Waals surface area contributed by atoms with Crippen LogP contribution in [0.2, 0.25) is 0 Å². The second-order valence-electron chi connectivity index (χ2n) is 4.18. The third-order valence-corrected chi connectivity index (χ3v) is 3.42. The minimum Gasteiger partial charge on any atom is -0.372 e. The molecule has 2 heterocycles. The molecule has 0 amide bonds. The van der Waals surface area contributed by atoms with Crippen LogP contribution >= 0.6 is 15.9 Å². The number of aromatic nitrogens is 3. The summed E-state index contributed by atoms with van der Waals surface area (Å²) >= 11 is 3.43. The molecule has 0 spiro atoms. The van der Waals surface area contributed by atoms with Gasteiger partial charge >= 0.3 is 0 Å². The molecule has 0 aliphatic carbocycles. The van der Waals surface area contributed by atoms with E-state index in [1.165, 1.54) is 0 Å². The summed E-state index contributed by atoms with van der Waals surface area (Å²) in [6.07, 6.45) is 2.09. The normalized spacial score (nSPS) is 19.1. The molecule has 88 valence electrons. The van der Waals surface area contributed by atoms with Gasteiger partial charge in [-0.25, -0.2) is 9.67 Å². The molecule has 2 aromatic rings. The van der Waals surface area contributed by atoms with E-state index in [1.54, 1.807) is 4.68 Å². The molecule has 3 rings (SSSR count). The number of halogens is 1. The van der Waals surface area contributed by atoms with Crippen molar-refractivity contribution in [1.82, 2.24) is 14.8 Å². The molecule has 17 heavy (non-hydrogen) atoms. The maximum atomic E-state index is 9.83. The predicted molar refractivity (Wildman–Crippen MR) is 67.4 cm³/mol. The first-order valence-corrected chi connectivity index (χ1v) is 6.43. The van der Waals surface area contributed by atoms with Crippen LogP contribution in [0.15, 0.2) is 28.7 Å². The Morgan fingerprint density at radius 1 is 1.41 bits per heavy atom. The van der Waals surface area contributed by atoms with Crippen LogP contribution in [-0.4, -0.2) is 19.9 Å². The van der Waals surface area contributed by atoms with Crippen molar-refractivity contribution in [3.05, 3.63) is 34.6 Å². The van der Waals surface area contributed by atoms with Crippen molar-refractivity contribution >= 4 is 15.9 Å². The summed E-state index contributed by atoms with van der Waals surface area (Å²) in [7, 11) is 0. The second-order valence-corrected chi connectivity index (χ2v) is 5.10. The van der Waals surface area contributed by atoms with Crippen LogP contribution in [-0.2, 0) is 6.42 Å². The standard InChI is InChI=1S/C12H12BrN3O/c13-9-4-1-3-8(7-9)12-14-10-5-2-6-11(17)16(10)15-12/h1,3-4,7,11,17H,2,5-6H2. The van der Waals surface area contributed by atoms with Gasteiger partial charge in [-0.05, 0) is 25.0 Å². The summed E-state index contributed by atoms with van der Waals surface area (Å²) in [4.78, 5) is 4.48. The van der Waals surface area contributed by atoms with Crippen molar-refractivity contribution in [2.75, 3.05) is 0 Å². The first-order valence-electron chi connectivity index (χ1n) is 5.63. The van der Waals surface area contributed by atoms with Crippen molar-refractivity contribution in [3.63, 3.8) is 0 Å². The monoisotopic (exact) mass is 293 g/mol. The first kappa shape index (κ1) is 10.9. The Labute approximate surface area is 107 Å². The van der Waals surface area contributed by atoms with Crippen LogP contribution in [0.4, 0.5) is 0 Å². The van der Waals surface area contributed by atoms with Crippen LogP contribution in [0.3, 0.4) is 0 Å². The van der Waals surface area contributed by atoms with Crippen LogP contribution in [0.5, 0.6) is 0 Å². The molecular weight excluding hydrogens is 282 g/mol. The average molecular weight is 294 g/mol. The summed E-state index contributed by atoms with van der Waals surface area (Å²) in [5.74, 6) is 1.56. The zero-order valence-corrected chi connectivity index (χ0v) is 10.8. The molecular formula is C12H12BrN3O. The number of nitrogens with zero attached hydrogens (tertiary/aromatic N) is 3. The van der Waals surface area contributed by atoms with Gasteiger partial charge < -0.3 is 5.11 Å². The number of hydrogen-bond donors (Lipinski definition) is 1. The van der Waals surface area contributed by atoms with Crippen LogP contribution in [0.1, 0.15) is 24.9 Å². The molecule has 0 radical (unpaired) electrons. The predicted octanol–water partition coefficient (Wildman–Crippen LogP) is 2.53. The van der Waals surface area contributed by atoms with Gasteiger partial charge in [-0.15, -0.1) is 5.10 Å². The van der Waals surface area contributed by atoms with Gasteiger partial charge in [0.1, 0.15) is 12.1 Å². The number of aliphatic hydroxyl groups excluding tert-OH is 1. The molecule has 0 bridgehead atoms. The molecule has 1 atom stereocenters. The molecule has 1 unspecified atom stereocenters. The lowest BCUT2D eigenvalue weighted by Crippen LogP contribution is -2.18. The van der Waals surface area contributed by atoms with E-state index in [0.29, 0.717) is 5.82 Å². The van der Waals surface area contributed by atoms with Crippen LogP contribution < -0.4 is 0 Å². The van der Waals surface area contributed by atoms with E-state index in [9.17, 15) is 5.11 Å². The van der Waals surface area contributed by atoms with Gasteiger partial charge in [-0.2, -0.15) is 0 Å². The Morgan fingerprint density at radius 2 is 2.29 bits per heavy atom. The molecule has 0 saturated heterocycles. The van der Waals surface area contributed by atoms with Crippen LogP contribution in [0.25, 0.3) is 11.4 Å². The summed E-state index contributed by atoms with van der Waals surface area (Å²) in [6, 6.07) is 7.87. The van der Waals surface area contributed by atoms with Gasteiger partial charge in [0.25, 0.3) is 0 Å². The van der Waals surface area contributed by atoms with Crippen molar-refractivity contribution in [2.45, 2.75) is 25.5 Å². The van der Waals surface area contributed by atoms with Crippen molar-refractivity contribution in [1.29, 1.82) is 0 Å². The molecule has 0 saturated carbocycles. The third-order valence-electron chi connectivity index (χ3n) is 2.93. The molecule has 4 nitrogen and oxygen atoms in total. The highest BCUT2D eigenvalue weighted by Gasteiger charge is 2.21. The highest BCUT2D eigenvalue weighted by molar-refractivity contribution is 9.10. The van der Waals surface area contributed by atoms with Gasteiger partial charge in [-0.3, -0.25) is 0 Å². The first-order chi connectivity index (χ1) is 8.24. The molecule has 1 aromatic carbocycles. The van der Waals surface area contributed by atoms with Gasteiger partial charge in [0.2, 0.25) is 0 Å². The third kappa shape index (κ3) is 2.00. The highest BCUT2D eigenvalue weighted by Crippen LogP contribution is 2.25. The SMILES string of the molecule is OC1CCCc2nc(-c3cccc(Br)c3)nn21. The molecule has 5 heteroatoms. The zero-order chi connectivity index (χ0) is 11.8. The number of aryl methyl sites for hydroxylation is 1. The van der Waals surface area contributed by atoms with Gasteiger partial charge in [0, 0.05) is 16.5 Å². The van der Waals surface area contributed by atoms with Crippen LogP contribution in [0, 0.1) is 0 Å².